The van der Waals surface area contributed by atoms with Gasteiger partial charge in [0.05, 0.1) is 89.4 Å². The summed E-state index contributed by atoms with van der Waals surface area (Å²) in [4.78, 5) is 194. The number of hydrogen-bond acceptors (Lipinski definition) is 20. The number of carbonyl (C=O) groups is 14. The number of hydrogen-bond donors (Lipinski definition) is 20. The van der Waals surface area contributed by atoms with E-state index in [1.807, 2.05) is 88.4 Å². The number of nitrogens with one attached hydrogen (secondary N) is 18. The number of nitrogens with two attached hydrogens (primary N) is 1. The molecule has 21 atom stereocenters. The van der Waals surface area contributed by atoms with E-state index in [4.69, 9.17) is 5.73 Å². The zero-order chi connectivity index (χ0) is 87.8. The second-order valence-corrected chi connectivity index (χ2v) is 36.2. The van der Waals surface area contributed by atoms with Crippen molar-refractivity contribution in [2.45, 2.75) is 210 Å². The molecule has 16 unspecified atom stereocenters. The number of phenols is 1. The molecule has 3 aromatic carbocycles. The summed E-state index contributed by atoms with van der Waals surface area (Å²) in [5.74, 6) is -11.2. The first-order chi connectivity index (χ1) is 59.1. The average Bonchev–Trinajstić information content (AvgIpc) is 1.65. The van der Waals surface area contributed by atoms with E-state index in [0.717, 1.165) is 17.5 Å². The summed E-state index contributed by atoms with van der Waals surface area (Å²) in [6.07, 6.45) is 7.11. The number of primary amides is 1. The quantitative estimate of drug-likeness (QED) is 0.0307. The zero-order valence-corrected chi connectivity index (χ0v) is 71.6. The summed E-state index contributed by atoms with van der Waals surface area (Å²) in [6, 6.07) is 19.0. The molecule has 34 nitrogen and oxygen atoms in total. The Hall–Kier alpha value is -10.2. The lowest BCUT2D eigenvalue weighted by atomic mass is 9.93. The van der Waals surface area contributed by atoms with Crippen molar-refractivity contribution in [3.8, 4) is 5.75 Å². The molecule has 8 aliphatic rings. The van der Waals surface area contributed by atoms with Gasteiger partial charge in [0, 0.05) is 141 Å². The number of rotatable bonds is 41. The summed E-state index contributed by atoms with van der Waals surface area (Å²) in [5.41, 5.74) is 8.05. The van der Waals surface area contributed by atoms with Gasteiger partial charge >= 0.3 is 0 Å². The van der Waals surface area contributed by atoms with Gasteiger partial charge in [0.25, 0.3) is 0 Å². The van der Waals surface area contributed by atoms with Crippen molar-refractivity contribution in [1.82, 2.24) is 95.7 Å². The molecule has 5 saturated heterocycles. The van der Waals surface area contributed by atoms with Crippen molar-refractivity contribution in [2.75, 3.05) is 78.5 Å². The van der Waals surface area contributed by atoms with Gasteiger partial charge in [-0.1, -0.05) is 120 Å². The fraction of sp³-hybridized carbons (Fsp3) is 0.640. The topological polar surface area (TPSA) is 502 Å². The fourth-order valence-corrected chi connectivity index (χ4v) is 19.4. The lowest BCUT2D eigenvalue weighted by molar-refractivity contribution is -0.132. The molecule has 14 amide bonds. The zero-order valence-electron chi connectivity index (χ0n) is 71.6. The van der Waals surface area contributed by atoms with Crippen LogP contribution in [0.25, 0.3) is 0 Å². The molecule has 3 aliphatic carbocycles. The SMILES string of the molecule is CC(=O)NC1CCCC1C(=O)N[C@H](CC(=O)NC1CCCC1C(=O)NC[C@H](CC(C)C)C(=O)NC1CNCC1C(=O)NC1CNCC1C(=O)N[C@H](CC(=O)NC1CCCC1C(=O)NC[C@H](Cc1ccc(O)cc1)C(=O)NC1CNCC1C(=O)NC1CNCC1C(=O)N[C@H](CC(=O)NC1CNCC1C(N)=O)Cc1ccccc1)Cc1ccccc1)CC(C)C. The van der Waals surface area contributed by atoms with Crippen LogP contribution in [0.15, 0.2) is 84.9 Å². The molecule has 0 bridgehead atoms. The van der Waals surface area contributed by atoms with Crippen molar-refractivity contribution in [1.29, 1.82) is 0 Å². The Morgan fingerprint density at radius 2 is 0.691 bits per heavy atom. The number of carbonyl (C=O) groups excluding carboxylic acids is 14. The van der Waals surface area contributed by atoms with Crippen LogP contribution in [0.5, 0.6) is 5.75 Å². The molecular weight excluding hydrogens is 1580 g/mol. The van der Waals surface area contributed by atoms with E-state index in [2.05, 4.69) is 95.7 Å². The first-order valence-electron chi connectivity index (χ1n) is 44.6. The monoisotopic (exact) mass is 1710 g/mol. The summed E-state index contributed by atoms with van der Waals surface area (Å²) in [6.45, 7) is 12.1. The fourth-order valence-electron chi connectivity index (χ4n) is 19.4. The Morgan fingerprint density at radius 1 is 0.350 bits per heavy atom. The van der Waals surface area contributed by atoms with E-state index in [0.29, 0.717) is 95.8 Å². The minimum Gasteiger partial charge on any atom is -0.508 e. The Morgan fingerprint density at radius 3 is 1.11 bits per heavy atom. The Labute approximate surface area is 720 Å². The van der Waals surface area contributed by atoms with Gasteiger partial charge in [-0.3, -0.25) is 67.1 Å². The first kappa shape index (κ1) is 93.5. The van der Waals surface area contributed by atoms with Gasteiger partial charge in [-0.2, -0.15) is 0 Å². The number of benzene rings is 3. The van der Waals surface area contributed by atoms with Crippen LogP contribution in [0.2, 0.25) is 0 Å². The van der Waals surface area contributed by atoms with Crippen molar-refractivity contribution in [3.05, 3.63) is 102 Å². The highest BCUT2D eigenvalue weighted by atomic mass is 16.3. The van der Waals surface area contributed by atoms with Gasteiger partial charge in [-0.15, -0.1) is 0 Å². The van der Waals surface area contributed by atoms with Crippen LogP contribution in [-0.4, -0.2) is 233 Å². The van der Waals surface area contributed by atoms with Gasteiger partial charge < -0.3 is 107 Å². The molecule has 34 heteroatoms. The van der Waals surface area contributed by atoms with Crippen LogP contribution in [-0.2, 0) is 86.4 Å². The molecular formula is C89H131N19O15. The van der Waals surface area contributed by atoms with Gasteiger partial charge in [-0.25, -0.2) is 0 Å². The van der Waals surface area contributed by atoms with E-state index >= 15 is 0 Å². The van der Waals surface area contributed by atoms with Crippen LogP contribution in [0, 0.1) is 71.0 Å². The third-order valence-corrected chi connectivity index (χ3v) is 25.8. The summed E-state index contributed by atoms with van der Waals surface area (Å²) in [5, 5.41) is 66.0. The molecule has 21 N–H and O–H groups in total. The molecule has 11 rings (SSSR count). The minimum absolute atomic E-state index is 0.0241. The highest BCUT2D eigenvalue weighted by molar-refractivity contribution is 5.90. The Bertz CT molecular complexity index is 4150. The predicted octanol–water partition coefficient (Wildman–Crippen LogP) is -1.52. The molecule has 0 radical (unpaired) electrons. The van der Waals surface area contributed by atoms with E-state index < -0.39 is 131 Å². The van der Waals surface area contributed by atoms with Gasteiger partial charge in [0.15, 0.2) is 0 Å². The third kappa shape index (κ3) is 27.4. The van der Waals surface area contributed by atoms with Gasteiger partial charge in [0.1, 0.15) is 5.75 Å². The van der Waals surface area contributed by atoms with E-state index in [1.54, 1.807) is 12.1 Å². The van der Waals surface area contributed by atoms with E-state index in [-0.39, 0.29) is 186 Å². The van der Waals surface area contributed by atoms with Crippen molar-refractivity contribution in [2.24, 2.45) is 76.7 Å². The van der Waals surface area contributed by atoms with Gasteiger partial charge in [-0.05, 0) is 111 Å². The molecule has 5 heterocycles. The minimum atomic E-state index is -0.866. The molecule has 123 heavy (non-hydrogen) atoms. The second-order valence-electron chi connectivity index (χ2n) is 36.2. The molecule has 0 spiro atoms. The molecule has 3 saturated carbocycles. The molecule has 5 aliphatic heterocycles. The molecule has 3 aromatic rings. The first-order valence-corrected chi connectivity index (χ1v) is 44.6. The van der Waals surface area contributed by atoms with Crippen LogP contribution >= 0.6 is 0 Å². The number of amides is 14. The molecule has 8 fully saturated rings. The van der Waals surface area contributed by atoms with Crippen molar-refractivity contribution < 1.29 is 72.2 Å². The lowest BCUT2D eigenvalue weighted by Gasteiger charge is -2.28. The van der Waals surface area contributed by atoms with E-state index in [1.165, 1.54) is 19.1 Å². The van der Waals surface area contributed by atoms with Crippen LogP contribution in [0.1, 0.15) is 141 Å². The second kappa shape index (κ2) is 45.5. The highest BCUT2D eigenvalue weighted by Gasteiger charge is 2.46. The molecule has 0 aromatic heterocycles. The standard InChI is InChI=1S/C89H131N19O15/c1-49(2)29-55(37-96-83(117)61-19-12-23-70(61)102-77(111)34-57(30-50(3)4)99-85(119)63-21-14-22-69(63)98-51(5)109)81(115)105-73-45-94-42-67(73)88(122)107-75-47-92-40-65(75)86(120)100-58(32-52-15-8-6-9-16-52)35-78(112)103-71-24-13-20-62(71)84(118)97-38-56(31-54-25-27-60(110)28-26-54)82(116)106-74-46-95-43-68(74)89(123)108-76-48-93-41-66(76)87(121)101-59(33-53-17-10-7-11-18-53)36-79(113)104-72-44-91-39-64(72)80(90)114/h6-11,15-18,25-28,49-50,55-59,61-76,91-95,110H,12-14,19-24,29-48H2,1-5H3,(H2,90,114)(H,96,117)(H,97,118)(H,98,109)(H,99,119)(H,100,120)(H,101,121)(H,102,111)(H,103,112)(H,104,113)(H,105,115)(H,106,116)(H,107,122)(H,108,123)/t55-,56-,57-,58-,59-,61?,62?,63?,64?,65?,66?,67?,68?,69?,70?,71?,72?,73?,74?,75?,76?/m0/s1. The maximum Gasteiger partial charge on any atom is 0.226 e. The summed E-state index contributed by atoms with van der Waals surface area (Å²) >= 11 is 0. The van der Waals surface area contributed by atoms with Gasteiger partial charge in [0.2, 0.25) is 82.7 Å². The predicted molar refractivity (Wildman–Crippen MR) is 458 cm³/mol. The maximum absolute atomic E-state index is 14.6. The summed E-state index contributed by atoms with van der Waals surface area (Å²) < 4.78 is 0. The Kier molecular flexibility index (Phi) is 34.6. The number of phenolic OH excluding ortho intramolecular Hbond substituents is 1. The normalized spacial score (nSPS) is 27.1. The van der Waals surface area contributed by atoms with Crippen LogP contribution in [0.3, 0.4) is 0 Å². The van der Waals surface area contributed by atoms with Crippen LogP contribution in [0.4, 0.5) is 0 Å². The Balaban J connectivity index is 0.650. The smallest absolute Gasteiger partial charge is 0.226 e. The van der Waals surface area contributed by atoms with Crippen LogP contribution < -0.4 is 101 Å². The highest BCUT2D eigenvalue weighted by Crippen LogP contribution is 2.31. The lowest BCUT2D eigenvalue weighted by Crippen LogP contribution is -2.54. The average molecular weight is 1710 g/mol. The van der Waals surface area contributed by atoms with Crippen molar-refractivity contribution in [3.63, 3.8) is 0 Å². The van der Waals surface area contributed by atoms with Crippen molar-refractivity contribution >= 4 is 82.7 Å². The van der Waals surface area contributed by atoms with E-state index in [9.17, 15) is 72.2 Å². The largest absolute Gasteiger partial charge is 0.508 e. The summed E-state index contributed by atoms with van der Waals surface area (Å²) in [7, 11) is 0. The number of aromatic hydroxyl groups is 1. The molecule has 672 valence electrons. The maximum atomic E-state index is 14.6. The third-order valence-electron chi connectivity index (χ3n) is 25.8.